The van der Waals surface area contributed by atoms with Gasteiger partial charge in [-0.2, -0.15) is 13.2 Å². The Kier molecular flexibility index (Phi) is 5.00. The Balaban J connectivity index is 2.43. The molecule has 1 N–H and O–H groups in total. The first-order valence-electron chi connectivity index (χ1n) is 6.59. The van der Waals surface area contributed by atoms with E-state index < -0.39 is 21.8 Å². The van der Waals surface area contributed by atoms with Crippen molar-refractivity contribution in [3.63, 3.8) is 0 Å². The van der Waals surface area contributed by atoms with Crippen LogP contribution in [0.5, 0.6) is 5.75 Å². The van der Waals surface area contributed by atoms with E-state index >= 15 is 0 Å². The third-order valence-electron chi connectivity index (χ3n) is 3.21. The van der Waals surface area contributed by atoms with Crippen molar-refractivity contribution in [1.82, 2.24) is 0 Å². The zero-order valence-corrected chi connectivity index (χ0v) is 14.2. The minimum Gasteiger partial charge on any atom is -0.497 e. The van der Waals surface area contributed by atoms with E-state index in [0.717, 1.165) is 12.1 Å². The first-order valence-corrected chi connectivity index (χ1v) is 8.45. The van der Waals surface area contributed by atoms with Crippen LogP contribution in [-0.4, -0.2) is 15.5 Å². The molecule has 0 unspecified atom stereocenters. The second-order valence-corrected chi connectivity index (χ2v) is 6.99. The van der Waals surface area contributed by atoms with Gasteiger partial charge in [-0.1, -0.05) is 11.6 Å². The first kappa shape index (κ1) is 18.4. The molecule has 0 saturated heterocycles. The molecular formula is C15H13ClF3NO3S. The molecule has 0 heterocycles. The minimum absolute atomic E-state index is 0.0863. The van der Waals surface area contributed by atoms with E-state index in [9.17, 15) is 21.6 Å². The highest BCUT2D eigenvalue weighted by atomic mass is 35.5. The highest BCUT2D eigenvalue weighted by Gasteiger charge is 2.31. The Labute approximate surface area is 142 Å². The molecule has 0 amide bonds. The van der Waals surface area contributed by atoms with Crippen LogP contribution in [0.3, 0.4) is 0 Å². The summed E-state index contributed by atoms with van der Waals surface area (Å²) in [7, 11) is -2.68. The summed E-state index contributed by atoms with van der Waals surface area (Å²) in [5, 5.41) is -0.141. The average molecular weight is 380 g/mol. The fourth-order valence-electron chi connectivity index (χ4n) is 2.03. The van der Waals surface area contributed by atoms with E-state index in [4.69, 9.17) is 16.3 Å². The number of nitrogens with one attached hydrogen (secondary N) is 1. The average Bonchev–Trinajstić information content (AvgIpc) is 2.47. The van der Waals surface area contributed by atoms with Crippen LogP contribution < -0.4 is 9.46 Å². The summed E-state index contributed by atoms with van der Waals surface area (Å²) in [6.45, 7) is 1.55. The number of ether oxygens (including phenoxy) is 1. The van der Waals surface area contributed by atoms with Crippen molar-refractivity contribution in [3.05, 3.63) is 52.5 Å². The van der Waals surface area contributed by atoms with E-state index in [2.05, 4.69) is 4.72 Å². The summed E-state index contributed by atoms with van der Waals surface area (Å²) in [6.07, 6.45) is -4.61. The molecule has 2 aromatic carbocycles. The summed E-state index contributed by atoms with van der Waals surface area (Å²) in [5.74, 6) is 0.462. The SMILES string of the molecule is COc1ccc(S(=O)(=O)Nc2cc(C(F)(F)F)ccc2Cl)c(C)c1. The van der Waals surface area contributed by atoms with Gasteiger partial charge in [-0.15, -0.1) is 0 Å². The maximum atomic E-state index is 12.8. The third-order valence-corrected chi connectivity index (χ3v) is 5.06. The number of benzene rings is 2. The molecule has 24 heavy (non-hydrogen) atoms. The second kappa shape index (κ2) is 6.52. The topological polar surface area (TPSA) is 55.4 Å². The van der Waals surface area contributed by atoms with Gasteiger partial charge in [-0.25, -0.2) is 8.42 Å². The molecule has 0 fully saturated rings. The van der Waals surface area contributed by atoms with Gasteiger partial charge in [-0.05, 0) is 48.9 Å². The van der Waals surface area contributed by atoms with Crippen molar-refractivity contribution in [2.24, 2.45) is 0 Å². The molecule has 9 heteroatoms. The Hall–Kier alpha value is -1.93. The van der Waals surface area contributed by atoms with Crippen LogP contribution >= 0.6 is 11.6 Å². The standard InChI is InChI=1S/C15H13ClF3NO3S/c1-9-7-11(23-2)4-6-14(9)24(21,22)20-13-8-10(15(17,18)19)3-5-12(13)16/h3-8,20H,1-2H3. The van der Waals surface area contributed by atoms with Crippen molar-refractivity contribution in [1.29, 1.82) is 0 Å². The van der Waals surface area contributed by atoms with E-state index in [0.29, 0.717) is 17.4 Å². The maximum Gasteiger partial charge on any atom is 0.416 e. The summed E-state index contributed by atoms with van der Waals surface area (Å²) in [6, 6.07) is 6.66. The van der Waals surface area contributed by atoms with Gasteiger partial charge in [0.25, 0.3) is 10.0 Å². The largest absolute Gasteiger partial charge is 0.497 e. The Morgan fingerprint density at radius 3 is 2.33 bits per heavy atom. The molecular weight excluding hydrogens is 367 g/mol. The summed E-state index contributed by atoms with van der Waals surface area (Å²) >= 11 is 5.81. The fraction of sp³-hybridized carbons (Fsp3) is 0.200. The smallest absolute Gasteiger partial charge is 0.416 e. The van der Waals surface area contributed by atoms with Crippen molar-refractivity contribution >= 4 is 27.3 Å². The van der Waals surface area contributed by atoms with Gasteiger partial charge < -0.3 is 4.74 Å². The van der Waals surface area contributed by atoms with E-state index in [1.54, 1.807) is 6.92 Å². The molecule has 0 spiro atoms. The summed E-state index contributed by atoms with van der Waals surface area (Å²) in [4.78, 5) is -0.0863. The Bertz CT molecular complexity index is 867. The monoisotopic (exact) mass is 379 g/mol. The maximum absolute atomic E-state index is 12.8. The summed E-state index contributed by atoms with van der Waals surface area (Å²) < 4.78 is 70.3. The van der Waals surface area contributed by atoms with Crippen molar-refractivity contribution in [2.45, 2.75) is 18.0 Å². The second-order valence-electron chi connectivity index (χ2n) is 4.93. The van der Waals surface area contributed by atoms with Gasteiger partial charge in [0.2, 0.25) is 0 Å². The highest BCUT2D eigenvalue weighted by molar-refractivity contribution is 7.92. The lowest BCUT2D eigenvalue weighted by Crippen LogP contribution is -2.15. The first-order chi connectivity index (χ1) is 11.0. The van der Waals surface area contributed by atoms with Gasteiger partial charge in [-0.3, -0.25) is 4.72 Å². The van der Waals surface area contributed by atoms with Crippen molar-refractivity contribution in [3.8, 4) is 5.75 Å². The molecule has 130 valence electrons. The quantitative estimate of drug-likeness (QED) is 0.852. The number of hydrogen-bond acceptors (Lipinski definition) is 3. The van der Waals surface area contributed by atoms with Gasteiger partial charge in [0.1, 0.15) is 5.75 Å². The lowest BCUT2D eigenvalue weighted by Gasteiger charge is -2.14. The van der Waals surface area contributed by atoms with Crippen LogP contribution in [0.2, 0.25) is 5.02 Å². The van der Waals surface area contributed by atoms with Gasteiger partial charge in [0, 0.05) is 0 Å². The Morgan fingerprint density at radius 1 is 1.12 bits per heavy atom. The van der Waals surface area contributed by atoms with Gasteiger partial charge in [0.15, 0.2) is 0 Å². The van der Waals surface area contributed by atoms with Crippen LogP contribution in [0.15, 0.2) is 41.3 Å². The number of sulfonamides is 1. The molecule has 0 aliphatic heterocycles. The van der Waals surface area contributed by atoms with Crippen molar-refractivity contribution < 1.29 is 26.3 Å². The summed E-state index contributed by atoms with van der Waals surface area (Å²) in [5.41, 5.74) is -0.970. The fourth-order valence-corrected chi connectivity index (χ4v) is 3.55. The molecule has 0 radical (unpaired) electrons. The zero-order valence-electron chi connectivity index (χ0n) is 12.6. The molecule has 0 saturated carbocycles. The molecule has 0 atom stereocenters. The minimum atomic E-state index is -4.61. The van der Waals surface area contributed by atoms with Crippen LogP contribution in [0, 0.1) is 6.92 Å². The lowest BCUT2D eigenvalue weighted by atomic mass is 10.2. The van der Waals surface area contributed by atoms with E-state index in [1.807, 2.05) is 0 Å². The van der Waals surface area contributed by atoms with Crippen LogP contribution in [0.1, 0.15) is 11.1 Å². The molecule has 0 aliphatic rings. The normalized spacial score (nSPS) is 12.1. The zero-order chi connectivity index (χ0) is 18.1. The van der Waals surface area contributed by atoms with Gasteiger partial charge >= 0.3 is 6.18 Å². The number of hydrogen-bond donors (Lipinski definition) is 1. The van der Waals surface area contributed by atoms with E-state index in [-0.39, 0.29) is 15.6 Å². The molecule has 2 aromatic rings. The van der Waals surface area contributed by atoms with Gasteiger partial charge in [0.05, 0.1) is 28.3 Å². The molecule has 0 bridgehead atoms. The lowest BCUT2D eigenvalue weighted by molar-refractivity contribution is -0.137. The number of alkyl halides is 3. The predicted molar refractivity (Wildman–Crippen MR) is 85.0 cm³/mol. The molecule has 0 aromatic heterocycles. The number of halogens is 4. The van der Waals surface area contributed by atoms with Crippen molar-refractivity contribution in [2.75, 3.05) is 11.8 Å². The Morgan fingerprint density at radius 2 is 1.79 bits per heavy atom. The molecule has 4 nitrogen and oxygen atoms in total. The molecule has 2 rings (SSSR count). The number of rotatable bonds is 4. The van der Waals surface area contributed by atoms with Crippen LogP contribution in [0.25, 0.3) is 0 Å². The van der Waals surface area contributed by atoms with Crippen LogP contribution in [0.4, 0.5) is 18.9 Å². The number of aryl methyl sites for hydroxylation is 1. The highest BCUT2D eigenvalue weighted by Crippen LogP contribution is 2.35. The predicted octanol–water partition coefficient (Wildman–Crippen LogP) is 4.48. The number of methoxy groups -OCH3 is 1. The third kappa shape index (κ3) is 3.93. The number of anilines is 1. The van der Waals surface area contributed by atoms with Crippen LogP contribution in [-0.2, 0) is 16.2 Å². The van der Waals surface area contributed by atoms with E-state index in [1.165, 1.54) is 25.3 Å². The molecule has 0 aliphatic carbocycles.